The molecule has 1 N–H and O–H groups in total. The SMILES string of the molecule is C=C(N[C@H](C(=O)CC(C)C)C(C)C)C(C)(C)C. The third kappa shape index (κ3) is 5.90. The number of carbonyl (C=O) groups excluding carboxylic acids is 1. The minimum absolute atomic E-state index is 0.00868. The first-order chi connectivity index (χ1) is 7.55. The molecular weight excluding hydrogens is 210 g/mol. The Morgan fingerprint density at radius 2 is 1.65 bits per heavy atom. The van der Waals surface area contributed by atoms with Crippen LogP contribution in [0.3, 0.4) is 0 Å². The Morgan fingerprint density at radius 3 is 1.94 bits per heavy atom. The Balaban J connectivity index is 4.66. The predicted molar refractivity (Wildman–Crippen MR) is 74.8 cm³/mol. The van der Waals surface area contributed by atoms with Crippen LogP contribution < -0.4 is 5.32 Å². The Labute approximate surface area is 107 Å². The topological polar surface area (TPSA) is 29.1 Å². The zero-order valence-electron chi connectivity index (χ0n) is 12.6. The van der Waals surface area contributed by atoms with Gasteiger partial charge in [0.15, 0.2) is 5.78 Å². The molecule has 17 heavy (non-hydrogen) atoms. The number of rotatable bonds is 6. The number of nitrogens with one attached hydrogen (secondary N) is 1. The van der Waals surface area contributed by atoms with Crippen LogP contribution in [0.15, 0.2) is 12.3 Å². The van der Waals surface area contributed by atoms with Crippen molar-refractivity contribution in [3.63, 3.8) is 0 Å². The quantitative estimate of drug-likeness (QED) is 0.764. The zero-order valence-corrected chi connectivity index (χ0v) is 12.6. The van der Waals surface area contributed by atoms with Crippen molar-refractivity contribution in [2.24, 2.45) is 17.3 Å². The molecule has 0 bridgehead atoms. The van der Waals surface area contributed by atoms with Gasteiger partial charge in [0.1, 0.15) is 0 Å². The lowest BCUT2D eigenvalue weighted by molar-refractivity contribution is -0.122. The van der Waals surface area contributed by atoms with Gasteiger partial charge in [0, 0.05) is 17.5 Å². The molecule has 0 saturated carbocycles. The molecule has 0 radical (unpaired) electrons. The fourth-order valence-electron chi connectivity index (χ4n) is 1.55. The van der Waals surface area contributed by atoms with Gasteiger partial charge in [-0.05, 0) is 11.8 Å². The van der Waals surface area contributed by atoms with E-state index in [1.807, 2.05) is 0 Å². The average molecular weight is 239 g/mol. The highest BCUT2D eigenvalue weighted by atomic mass is 16.1. The highest BCUT2D eigenvalue weighted by Gasteiger charge is 2.25. The molecule has 100 valence electrons. The van der Waals surface area contributed by atoms with E-state index in [1.165, 1.54) is 0 Å². The fourth-order valence-corrected chi connectivity index (χ4v) is 1.55. The van der Waals surface area contributed by atoms with Gasteiger partial charge in [-0.25, -0.2) is 0 Å². The number of Topliss-reactive ketones (excluding diaryl/α,β-unsaturated/α-hetero) is 1. The molecule has 0 rings (SSSR count). The van der Waals surface area contributed by atoms with Gasteiger partial charge in [0.05, 0.1) is 6.04 Å². The summed E-state index contributed by atoms with van der Waals surface area (Å²) in [5.74, 6) is 0.995. The van der Waals surface area contributed by atoms with Crippen molar-refractivity contribution < 1.29 is 4.79 Å². The van der Waals surface area contributed by atoms with E-state index in [9.17, 15) is 4.79 Å². The number of carbonyl (C=O) groups is 1. The molecule has 0 aliphatic heterocycles. The van der Waals surface area contributed by atoms with Gasteiger partial charge in [-0.2, -0.15) is 0 Å². The van der Waals surface area contributed by atoms with Gasteiger partial charge >= 0.3 is 0 Å². The lowest BCUT2D eigenvalue weighted by atomic mass is 9.89. The summed E-state index contributed by atoms with van der Waals surface area (Å²) in [7, 11) is 0. The lowest BCUT2D eigenvalue weighted by Crippen LogP contribution is -2.43. The molecular formula is C15H29NO. The fraction of sp³-hybridized carbons (Fsp3) is 0.800. The first-order valence-corrected chi connectivity index (χ1v) is 6.54. The lowest BCUT2D eigenvalue weighted by Gasteiger charge is -2.30. The summed E-state index contributed by atoms with van der Waals surface area (Å²) in [6.45, 7) is 18.7. The highest BCUT2D eigenvalue weighted by molar-refractivity contribution is 5.84. The molecule has 0 aliphatic rings. The molecule has 0 heterocycles. The second-order valence-corrected chi connectivity index (χ2v) is 6.66. The second kappa shape index (κ2) is 6.23. The Morgan fingerprint density at radius 1 is 1.18 bits per heavy atom. The number of hydrogen-bond donors (Lipinski definition) is 1. The summed E-state index contributed by atoms with van der Waals surface area (Å²) in [5.41, 5.74) is 0.930. The Hall–Kier alpha value is -0.790. The van der Waals surface area contributed by atoms with Crippen LogP contribution in [0.1, 0.15) is 54.9 Å². The van der Waals surface area contributed by atoms with Crippen molar-refractivity contribution in [1.82, 2.24) is 5.32 Å². The van der Waals surface area contributed by atoms with E-state index in [1.54, 1.807) is 0 Å². The molecule has 0 fully saturated rings. The van der Waals surface area contributed by atoms with Crippen LogP contribution in [-0.4, -0.2) is 11.8 Å². The highest BCUT2D eigenvalue weighted by Crippen LogP contribution is 2.23. The number of allylic oxidation sites excluding steroid dienone is 1. The molecule has 0 aromatic heterocycles. The normalized spacial score (nSPS) is 13.9. The van der Waals surface area contributed by atoms with Crippen LogP contribution in [0.2, 0.25) is 0 Å². The Kier molecular flexibility index (Phi) is 5.94. The number of ketones is 1. The van der Waals surface area contributed by atoms with E-state index in [0.717, 1.165) is 5.70 Å². The molecule has 0 aromatic carbocycles. The van der Waals surface area contributed by atoms with E-state index in [2.05, 4.69) is 60.4 Å². The van der Waals surface area contributed by atoms with Gasteiger partial charge in [-0.15, -0.1) is 0 Å². The van der Waals surface area contributed by atoms with Crippen LogP contribution >= 0.6 is 0 Å². The largest absolute Gasteiger partial charge is 0.378 e. The summed E-state index contributed by atoms with van der Waals surface area (Å²) in [6, 6.07) is -0.107. The van der Waals surface area contributed by atoms with Crippen LogP contribution in [0.4, 0.5) is 0 Å². The van der Waals surface area contributed by atoms with E-state index < -0.39 is 0 Å². The Bertz CT molecular complexity index is 271. The van der Waals surface area contributed by atoms with Crippen molar-refractivity contribution in [3.8, 4) is 0 Å². The summed E-state index contributed by atoms with van der Waals surface area (Å²) >= 11 is 0. The standard InChI is InChI=1S/C15H29NO/c1-10(2)9-13(17)14(11(3)4)16-12(5)15(6,7)8/h10-11,14,16H,5,9H2,1-4,6-8H3/t14-/m0/s1. The first kappa shape index (κ1) is 16.2. The second-order valence-electron chi connectivity index (χ2n) is 6.66. The van der Waals surface area contributed by atoms with Crippen molar-refractivity contribution in [2.75, 3.05) is 0 Å². The zero-order chi connectivity index (χ0) is 13.8. The first-order valence-electron chi connectivity index (χ1n) is 6.54. The monoisotopic (exact) mass is 239 g/mol. The van der Waals surface area contributed by atoms with Crippen LogP contribution in [0, 0.1) is 17.3 Å². The van der Waals surface area contributed by atoms with Gasteiger partial charge in [-0.1, -0.05) is 55.0 Å². The molecule has 0 aromatic rings. The maximum absolute atomic E-state index is 12.2. The molecule has 1 atom stereocenters. The minimum Gasteiger partial charge on any atom is -0.378 e. The molecule has 0 unspecified atom stereocenters. The molecule has 0 saturated heterocycles. The number of hydrogen-bond acceptors (Lipinski definition) is 2. The maximum Gasteiger partial charge on any atom is 0.155 e. The molecule has 2 nitrogen and oxygen atoms in total. The predicted octanol–water partition coefficient (Wildman–Crippen LogP) is 3.78. The third-order valence-corrected chi connectivity index (χ3v) is 2.86. The van der Waals surface area contributed by atoms with E-state index in [4.69, 9.17) is 0 Å². The smallest absolute Gasteiger partial charge is 0.155 e. The summed E-state index contributed by atoms with van der Waals surface area (Å²) in [6.07, 6.45) is 0.632. The van der Waals surface area contributed by atoms with Gasteiger partial charge < -0.3 is 5.32 Å². The molecule has 2 heteroatoms. The van der Waals surface area contributed by atoms with Crippen LogP contribution in [0.25, 0.3) is 0 Å². The summed E-state index contributed by atoms with van der Waals surface area (Å²) in [5, 5.41) is 3.32. The summed E-state index contributed by atoms with van der Waals surface area (Å²) in [4.78, 5) is 12.2. The van der Waals surface area contributed by atoms with E-state index in [0.29, 0.717) is 24.0 Å². The van der Waals surface area contributed by atoms with Crippen molar-refractivity contribution >= 4 is 5.78 Å². The van der Waals surface area contributed by atoms with Gasteiger partial charge in [0.25, 0.3) is 0 Å². The van der Waals surface area contributed by atoms with Crippen molar-refractivity contribution in [2.45, 2.75) is 60.9 Å². The van der Waals surface area contributed by atoms with Gasteiger partial charge in [-0.3, -0.25) is 4.79 Å². The molecule has 0 aliphatic carbocycles. The van der Waals surface area contributed by atoms with Crippen LogP contribution in [-0.2, 0) is 4.79 Å². The summed E-state index contributed by atoms with van der Waals surface area (Å²) < 4.78 is 0. The van der Waals surface area contributed by atoms with E-state index in [-0.39, 0.29) is 11.5 Å². The molecule has 0 amide bonds. The van der Waals surface area contributed by atoms with Crippen molar-refractivity contribution in [1.29, 1.82) is 0 Å². The van der Waals surface area contributed by atoms with Gasteiger partial charge in [0.2, 0.25) is 0 Å². The van der Waals surface area contributed by atoms with Crippen molar-refractivity contribution in [3.05, 3.63) is 12.3 Å². The average Bonchev–Trinajstić information content (AvgIpc) is 2.09. The van der Waals surface area contributed by atoms with Crippen LogP contribution in [0.5, 0.6) is 0 Å². The van der Waals surface area contributed by atoms with E-state index >= 15 is 0 Å². The minimum atomic E-state index is -0.107. The molecule has 0 spiro atoms. The maximum atomic E-state index is 12.2. The third-order valence-electron chi connectivity index (χ3n) is 2.86.